The summed E-state index contributed by atoms with van der Waals surface area (Å²) in [5, 5.41) is 2.47. The molecule has 0 aliphatic heterocycles. The molecule has 0 aromatic heterocycles. The van der Waals surface area contributed by atoms with Crippen molar-refractivity contribution >= 4 is 30.1 Å². The van der Waals surface area contributed by atoms with E-state index in [1.54, 1.807) is 20.8 Å². The van der Waals surface area contributed by atoms with Crippen LogP contribution in [-0.2, 0) is 25.7 Å². The lowest BCUT2D eigenvalue weighted by molar-refractivity contribution is -0.149. The van der Waals surface area contributed by atoms with Gasteiger partial charge in [0, 0.05) is 5.75 Å². The number of thioether (sulfide) groups is 1. The van der Waals surface area contributed by atoms with E-state index in [0.29, 0.717) is 12.0 Å². The fourth-order valence-electron chi connectivity index (χ4n) is 2.00. The molecule has 0 saturated carbocycles. The Balaban J connectivity index is 2.79. The van der Waals surface area contributed by atoms with Crippen LogP contribution in [0.2, 0.25) is 0 Å². The molecule has 2 unspecified atom stereocenters. The number of aldehydes is 1. The van der Waals surface area contributed by atoms with Crippen LogP contribution in [0.4, 0.5) is 4.79 Å². The molecule has 2 atom stereocenters. The molecule has 1 N–H and O–H groups in total. The molecule has 0 bridgehead atoms. The van der Waals surface area contributed by atoms with Gasteiger partial charge in [-0.15, -0.1) is 0 Å². The second-order valence-electron chi connectivity index (χ2n) is 6.47. The van der Waals surface area contributed by atoms with Crippen LogP contribution in [-0.4, -0.2) is 42.0 Å². The van der Waals surface area contributed by atoms with E-state index < -0.39 is 29.6 Å². The molecule has 0 saturated heterocycles. The average molecular weight is 367 g/mol. The van der Waals surface area contributed by atoms with Gasteiger partial charge in [0.1, 0.15) is 24.5 Å². The first-order valence-corrected chi connectivity index (χ1v) is 9.30. The van der Waals surface area contributed by atoms with E-state index in [2.05, 4.69) is 5.32 Å². The normalized spacial score (nSPS) is 13.4. The third-order valence-corrected chi connectivity index (χ3v) is 3.83. The molecule has 25 heavy (non-hydrogen) atoms. The lowest BCUT2D eigenvalue weighted by atomic mass is 10.0. The van der Waals surface area contributed by atoms with Crippen LogP contribution in [0.5, 0.6) is 0 Å². The van der Waals surface area contributed by atoms with Crippen molar-refractivity contribution in [1.82, 2.24) is 5.32 Å². The fourth-order valence-corrected chi connectivity index (χ4v) is 2.66. The van der Waals surface area contributed by atoms with E-state index in [0.717, 1.165) is 5.56 Å². The Hall–Kier alpha value is -2.02. The first-order chi connectivity index (χ1) is 11.8. The van der Waals surface area contributed by atoms with Crippen molar-refractivity contribution in [2.45, 2.75) is 39.0 Å². The molecule has 1 aromatic carbocycles. The molecule has 0 heterocycles. The number of carbonyl (C=O) groups is 3. The number of esters is 1. The molecule has 0 spiro atoms. The van der Waals surface area contributed by atoms with E-state index in [1.165, 1.54) is 11.8 Å². The van der Waals surface area contributed by atoms with Crippen molar-refractivity contribution in [3.63, 3.8) is 0 Å². The number of carbonyl (C=O) groups excluding carboxylic acids is 3. The second-order valence-corrected chi connectivity index (χ2v) is 7.38. The zero-order valence-corrected chi connectivity index (χ0v) is 15.8. The minimum absolute atomic E-state index is 0.0665. The van der Waals surface area contributed by atoms with Crippen LogP contribution >= 0.6 is 11.8 Å². The smallest absolute Gasteiger partial charge is 0.408 e. The van der Waals surface area contributed by atoms with E-state index in [9.17, 15) is 14.4 Å². The SMILES string of the molecule is CSCC(C=O)C(NC(=O)OC(C)(C)C)C(=O)OCc1ccccc1. The van der Waals surface area contributed by atoms with Crippen molar-refractivity contribution in [2.75, 3.05) is 12.0 Å². The Morgan fingerprint density at radius 1 is 1.24 bits per heavy atom. The minimum Gasteiger partial charge on any atom is -0.459 e. The maximum absolute atomic E-state index is 12.4. The van der Waals surface area contributed by atoms with E-state index >= 15 is 0 Å². The monoisotopic (exact) mass is 367 g/mol. The van der Waals surface area contributed by atoms with Crippen molar-refractivity contribution < 1.29 is 23.9 Å². The van der Waals surface area contributed by atoms with Gasteiger partial charge in [-0.2, -0.15) is 11.8 Å². The summed E-state index contributed by atoms with van der Waals surface area (Å²) < 4.78 is 10.4. The molecule has 0 aliphatic carbocycles. The summed E-state index contributed by atoms with van der Waals surface area (Å²) in [5.74, 6) is -0.989. The van der Waals surface area contributed by atoms with Gasteiger partial charge in [0.05, 0.1) is 5.92 Å². The van der Waals surface area contributed by atoms with Gasteiger partial charge in [0.2, 0.25) is 0 Å². The molecule has 6 nitrogen and oxygen atoms in total. The second kappa shape index (κ2) is 10.1. The molecule has 0 aliphatic rings. The summed E-state index contributed by atoms with van der Waals surface area (Å²) in [6, 6.07) is 8.08. The van der Waals surface area contributed by atoms with Crippen molar-refractivity contribution in [1.29, 1.82) is 0 Å². The summed E-state index contributed by atoms with van der Waals surface area (Å²) in [7, 11) is 0. The number of rotatable bonds is 8. The van der Waals surface area contributed by atoms with Gasteiger partial charge in [-0.25, -0.2) is 9.59 Å². The van der Waals surface area contributed by atoms with Crippen molar-refractivity contribution in [3.05, 3.63) is 35.9 Å². The number of ether oxygens (including phenoxy) is 2. The highest BCUT2D eigenvalue weighted by Crippen LogP contribution is 2.13. The Morgan fingerprint density at radius 3 is 2.40 bits per heavy atom. The van der Waals surface area contributed by atoms with Crippen LogP contribution in [0.1, 0.15) is 26.3 Å². The van der Waals surface area contributed by atoms with E-state index in [1.807, 2.05) is 36.6 Å². The fraction of sp³-hybridized carbons (Fsp3) is 0.500. The van der Waals surface area contributed by atoms with Crippen LogP contribution in [0.15, 0.2) is 30.3 Å². The largest absolute Gasteiger partial charge is 0.459 e. The average Bonchev–Trinajstić information content (AvgIpc) is 2.55. The first kappa shape index (κ1) is 21.0. The molecule has 1 rings (SSSR count). The van der Waals surface area contributed by atoms with E-state index in [4.69, 9.17) is 9.47 Å². The molecule has 0 radical (unpaired) electrons. The van der Waals surface area contributed by atoms with Crippen LogP contribution in [0.3, 0.4) is 0 Å². The maximum Gasteiger partial charge on any atom is 0.408 e. The quantitative estimate of drug-likeness (QED) is 0.562. The zero-order chi connectivity index (χ0) is 18.9. The minimum atomic E-state index is -1.09. The Kier molecular flexibility index (Phi) is 8.48. The summed E-state index contributed by atoms with van der Waals surface area (Å²) in [6.07, 6.45) is 1.71. The lowest BCUT2D eigenvalue weighted by Crippen LogP contribution is -2.49. The molecule has 1 amide bonds. The molecule has 138 valence electrons. The number of hydrogen-bond donors (Lipinski definition) is 1. The third kappa shape index (κ3) is 8.07. The summed E-state index contributed by atoms with van der Waals surface area (Å²) in [5.41, 5.74) is 0.109. The van der Waals surface area contributed by atoms with Crippen LogP contribution in [0.25, 0.3) is 0 Å². The summed E-state index contributed by atoms with van der Waals surface area (Å²) in [6.45, 7) is 5.22. The van der Waals surface area contributed by atoms with Gasteiger partial charge >= 0.3 is 12.1 Å². The lowest BCUT2D eigenvalue weighted by Gasteiger charge is -2.25. The Bertz CT molecular complexity index is 571. The Labute approximate surface area is 152 Å². The predicted molar refractivity (Wildman–Crippen MR) is 97.3 cm³/mol. The number of benzene rings is 1. The molecular formula is C18H25NO5S. The molecule has 1 aromatic rings. The summed E-state index contributed by atoms with van der Waals surface area (Å²) in [4.78, 5) is 35.8. The predicted octanol–water partition coefficient (Wildman–Crippen LogP) is 2.80. The van der Waals surface area contributed by atoms with Gasteiger partial charge in [-0.05, 0) is 32.6 Å². The molecule has 7 heteroatoms. The third-order valence-electron chi connectivity index (χ3n) is 3.11. The van der Waals surface area contributed by atoms with Crippen LogP contribution < -0.4 is 5.32 Å². The standard InChI is InChI=1S/C18H25NO5S/c1-18(2,3)24-17(22)19-15(14(10-20)12-25-4)16(21)23-11-13-8-6-5-7-9-13/h5-10,14-15H,11-12H2,1-4H3,(H,19,22). The number of nitrogens with one attached hydrogen (secondary N) is 1. The highest BCUT2D eigenvalue weighted by Gasteiger charge is 2.32. The number of amides is 1. The maximum atomic E-state index is 12.4. The van der Waals surface area contributed by atoms with Crippen molar-refractivity contribution in [3.8, 4) is 0 Å². The zero-order valence-electron chi connectivity index (χ0n) is 15.0. The van der Waals surface area contributed by atoms with Gasteiger partial charge in [-0.3, -0.25) is 0 Å². The molecule has 0 fully saturated rings. The summed E-state index contributed by atoms with van der Waals surface area (Å²) >= 11 is 1.40. The number of alkyl carbamates (subject to hydrolysis) is 1. The Morgan fingerprint density at radius 2 is 1.88 bits per heavy atom. The first-order valence-electron chi connectivity index (χ1n) is 7.91. The molecular weight excluding hydrogens is 342 g/mol. The van der Waals surface area contributed by atoms with Gasteiger partial charge in [0.15, 0.2) is 0 Å². The topological polar surface area (TPSA) is 81.7 Å². The van der Waals surface area contributed by atoms with Gasteiger partial charge < -0.3 is 19.6 Å². The highest BCUT2D eigenvalue weighted by atomic mass is 32.2. The number of hydrogen-bond acceptors (Lipinski definition) is 6. The van der Waals surface area contributed by atoms with Gasteiger partial charge in [-0.1, -0.05) is 30.3 Å². The highest BCUT2D eigenvalue weighted by molar-refractivity contribution is 7.98. The van der Waals surface area contributed by atoms with Crippen LogP contribution in [0, 0.1) is 5.92 Å². The van der Waals surface area contributed by atoms with E-state index in [-0.39, 0.29) is 6.61 Å². The van der Waals surface area contributed by atoms with Gasteiger partial charge in [0.25, 0.3) is 0 Å². The van der Waals surface area contributed by atoms with Crippen molar-refractivity contribution in [2.24, 2.45) is 5.92 Å².